The van der Waals surface area contributed by atoms with Crippen molar-refractivity contribution < 1.29 is 4.42 Å². The summed E-state index contributed by atoms with van der Waals surface area (Å²) < 4.78 is 7.69. The summed E-state index contributed by atoms with van der Waals surface area (Å²) in [7, 11) is 0. The van der Waals surface area contributed by atoms with Gasteiger partial charge in [-0.2, -0.15) is 0 Å². The Balaban J connectivity index is 2.06. The highest BCUT2D eigenvalue weighted by Gasteiger charge is 2.12. The van der Waals surface area contributed by atoms with Gasteiger partial charge in [0.2, 0.25) is 0 Å². The lowest BCUT2D eigenvalue weighted by atomic mass is 10.4. The molecule has 3 aromatic heterocycles. The summed E-state index contributed by atoms with van der Waals surface area (Å²) in [6, 6.07) is 7.79. The lowest BCUT2D eigenvalue weighted by Crippen LogP contribution is -2.06. The first-order chi connectivity index (χ1) is 9.28. The Kier molecular flexibility index (Phi) is 3.25. The zero-order valence-corrected chi connectivity index (χ0v) is 11.4. The van der Waals surface area contributed by atoms with Gasteiger partial charge >= 0.3 is 0 Å². The summed E-state index contributed by atoms with van der Waals surface area (Å²) in [4.78, 5) is 8.98. The molecule has 0 aliphatic carbocycles. The molecular formula is C14H14ClN3O. The van der Waals surface area contributed by atoms with Gasteiger partial charge in [0.25, 0.3) is 0 Å². The van der Waals surface area contributed by atoms with Crippen LogP contribution in [-0.2, 0) is 13.0 Å². The number of imidazole rings is 1. The number of hydrogen-bond acceptors (Lipinski definition) is 3. The third-order valence-electron chi connectivity index (χ3n) is 3.01. The van der Waals surface area contributed by atoms with Crippen LogP contribution in [0.15, 0.2) is 34.9 Å². The molecule has 0 saturated carbocycles. The normalized spacial score (nSPS) is 11.3. The van der Waals surface area contributed by atoms with Crippen LogP contribution < -0.4 is 0 Å². The molecule has 0 saturated heterocycles. The number of rotatable bonds is 4. The number of aryl methyl sites for hydroxylation is 2. The summed E-state index contributed by atoms with van der Waals surface area (Å²) in [5.41, 5.74) is 1.77. The molecule has 0 aliphatic heterocycles. The first-order valence-electron chi connectivity index (χ1n) is 6.19. The van der Waals surface area contributed by atoms with Gasteiger partial charge in [-0.1, -0.05) is 0 Å². The minimum Gasteiger partial charge on any atom is -0.464 e. The monoisotopic (exact) mass is 275 g/mol. The molecule has 0 bridgehead atoms. The second-order valence-electron chi connectivity index (χ2n) is 4.41. The molecule has 3 heterocycles. The third kappa shape index (κ3) is 2.36. The quantitative estimate of drug-likeness (QED) is 0.687. The maximum absolute atomic E-state index is 5.85. The molecule has 0 fully saturated rings. The first kappa shape index (κ1) is 12.2. The van der Waals surface area contributed by atoms with Gasteiger partial charge in [0.1, 0.15) is 22.9 Å². The smallest absolute Gasteiger partial charge is 0.160 e. The molecule has 98 valence electrons. The SMILES string of the molecule is Cc1ccc(Cn2c(CCCl)nc3cccnc32)o1. The highest BCUT2D eigenvalue weighted by atomic mass is 35.5. The van der Waals surface area contributed by atoms with Crippen LogP contribution in [0.25, 0.3) is 11.2 Å². The maximum atomic E-state index is 5.85. The first-order valence-corrected chi connectivity index (χ1v) is 6.73. The summed E-state index contributed by atoms with van der Waals surface area (Å²) >= 11 is 5.85. The molecule has 0 spiro atoms. The number of halogens is 1. The van der Waals surface area contributed by atoms with Crippen LogP contribution in [-0.4, -0.2) is 20.4 Å². The molecule has 0 amide bonds. The fourth-order valence-corrected chi connectivity index (χ4v) is 2.34. The second-order valence-corrected chi connectivity index (χ2v) is 4.79. The zero-order valence-electron chi connectivity index (χ0n) is 10.6. The molecule has 0 unspecified atom stereocenters. The van der Waals surface area contributed by atoms with E-state index in [1.54, 1.807) is 6.20 Å². The predicted molar refractivity (Wildman–Crippen MR) is 74.5 cm³/mol. The van der Waals surface area contributed by atoms with Crippen molar-refractivity contribution in [2.45, 2.75) is 19.9 Å². The maximum Gasteiger partial charge on any atom is 0.160 e. The summed E-state index contributed by atoms with van der Waals surface area (Å²) in [6.45, 7) is 2.57. The number of fused-ring (bicyclic) bond motifs is 1. The number of hydrogen-bond donors (Lipinski definition) is 0. The van der Waals surface area contributed by atoms with Crippen molar-refractivity contribution in [3.8, 4) is 0 Å². The van der Waals surface area contributed by atoms with Gasteiger partial charge in [-0.3, -0.25) is 0 Å². The van der Waals surface area contributed by atoms with Crippen LogP contribution in [0.1, 0.15) is 17.3 Å². The predicted octanol–water partition coefficient (Wildman–Crippen LogP) is 3.16. The number of pyridine rings is 1. The highest BCUT2D eigenvalue weighted by molar-refractivity contribution is 6.17. The van der Waals surface area contributed by atoms with Gasteiger partial charge in [0.05, 0.1) is 6.54 Å². The number of furan rings is 1. The van der Waals surface area contributed by atoms with Crippen LogP contribution >= 0.6 is 11.6 Å². The molecule has 19 heavy (non-hydrogen) atoms. The van der Waals surface area contributed by atoms with E-state index in [1.165, 1.54) is 0 Å². The van der Waals surface area contributed by atoms with Crippen molar-refractivity contribution >= 4 is 22.8 Å². The van der Waals surface area contributed by atoms with Gasteiger partial charge in [0.15, 0.2) is 5.65 Å². The lowest BCUT2D eigenvalue weighted by molar-refractivity contribution is 0.468. The largest absolute Gasteiger partial charge is 0.464 e. The molecule has 4 nitrogen and oxygen atoms in total. The summed E-state index contributed by atoms with van der Waals surface area (Å²) in [6.07, 6.45) is 2.50. The zero-order chi connectivity index (χ0) is 13.2. The van der Waals surface area contributed by atoms with Gasteiger partial charge in [-0.25, -0.2) is 9.97 Å². The van der Waals surface area contributed by atoms with Crippen LogP contribution in [0.4, 0.5) is 0 Å². The van der Waals surface area contributed by atoms with E-state index in [9.17, 15) is 0 Å². The third-order valence-corrected chi connectivity index (χ3v) is 3.20. The van der Waals surface area contributed by atoms with Crippen molar-refractivity contribution in [2.75, 3.05) is 5.88 Å². The van der Waals surface area contributed by atoms with Gasteiger partial charge in [0, 0.05) is 18.5 Å². The molecule has 5 heteroatoms. The van der Waals surface area contributed by atoms with Crippen LogP contribution in [0.2, 0.25) is 0 Å². The summed E-state index contributed by atoms with van der Waals surface area (Å²) in [5.74, 6) is 3.29. The van der Waals surface area contributed by atoms with Crippen molar-refractivity contribution in [2.24, 2.45) is 0 Å². The van der Waals surface area contributed by atoms with E-state index in [-0.39, 0.29) is 0 Å². The fraction of sp³-hybridized carbons (Fsp3) is 0.286. The molecule has 3 rings (SSSR count). The van der Waals surface area contributed by atoms with E-state index in [0.29, 0.717) is 12.4 Å². The Bertz CT molecular complexity index is 702. The Labute approximate surface area is 116 Å². The Hall–Kier alpha value is -1.81. The van der Waals surface area contributed by atoms with Crippen LogP contribution in [0.5, 0.6) is 0 Å². The minimum atomic E-state index is 0.542. The van der Waals surface area contributed by atoms with Crippen LogP contribution in [0.3, 0.4) is 0 Å². The van der Waals surface area contributed by atoms with Crippen molar-refractivity contribution in [3.05, 3.63) is 47.8 Å². The average molecular weight is 276 g/mol. The van der Waals surface area contributed by atoms with Gasteiger partial charge < -0.3 is 8.98 Å². The molecule has 0 aromatic carbocycles. The molecule has 0 N–H and O–H groups in total. The number of aromatic nitrogens is 3. The van der Waals surface area contributed by atoms with Crippen molar-refractivity contribution in [1.82, 2.24) is 14.5 Å². The second kappa shape index (κ2) is 5.05. The lowest BCUT2D eigenvalue weighted by Gasteiger charge is -2.05. The van der Waals surface area contributed by atoms with E-state index in [1.807, 2.05) is 31.2 Å². The molecule has 0 aliphatic rings. The van der Waals surface area contributed by atoms with Gasteiger partial charge in [-0.15, -0.1) is 11.6 Å². The van der Waals surface area contributed by atoms with E-state index in [0.717, 1.165) is 34.9 Å². The van der Waals surface area contributed by atoms with E-state index in [4.69, 9.17) is 16.0 Å². The van der Waals surface area contributed by atoms with Gasteiger partial charge in [-0.05, 0) is 31.2 Å². The average Bonchev–Trinajstić information content (AvgIpc) is 2.96. The Morgan fingerprint density at radius 3 is 2.95 bits per heavy atom. The standard InChI is InChI=1S/C14H14ClN3O/c1-10-4-5-11(19-10)9-18-13(6-7-15)17-12-3-2-8-16-14(12)18/h2-5,8H,6-7,9H2,1H3. The Morgan fingerprint density at radius 2 is 2.21 bits per heavy atom. The highest BCUT2D eigenvalue weighted by Crippen LogP contribution is 2.17. The minimum absolute atomic E-state index is 0.542. The van der Waals surface area contributed by atoms with E-state index >= 15 is 0 Å². The molecule has 3 aromatic rings. The number of alkyl halides is 1. The summed E-state index contributed by atoms with van der Waals surface area (Å²) in [5, 5.41) is 0. The molecular weight excluding hydrogens is 262 g/mol. The fourth-order valence-electron chi connectivity index (χ4n) is 2.17. The van der Waals surface area contributed by atoms with Crippen molar-refractivity contribution in [3.63, 3.8) is 0 Å². The Morgan fingerprint density at radius 1 is 1.32 bits per heavy atom. The van der Waals surface area contributed by atoms with Crippen LogP contribution in [0, 0.1) is 6.92 Å². The molecule has 0 radical (unpaired) electrons. The van der Waals surface area contributed by atoms with Crippen molar-refractivity contribution in [1.29, 1.82) is 0 Å². The van der Waals surface area contributed by atoms with E-state index in [2.05, 4.69) is 14.5 Å². The number of nitrogens with zero attached hydrogens (tertiary/aromatic N) is 3. The molecule has 0 atom stereocenters. The van der Waals surface area contributed by atoms with E-state index < -0.39 is 0 Å². The topological polar surface area (TPSA) is 43.9 Å².